The zero-order chi connectivity index (χ0) is 37.0. The maximum Gasteiger partial charge on any atom is 0.410 e. The molecule has 0 aliphatic carbocycles. The fraction of sp³-hybridized carbons (Fsp3) is 0.405. The Balaban J connectivity index is 1.88. The van der Waals surface area contributed by atoms with E-state index in [-0.39, 0.29) is 11.4 Å². The number of benzene rings is 2. The van der Waals surface area contributed by atoms with E-state index in [1.165, 1.54) is 31.1 Å². The number of nitrogens with one attached hydrogen (secondary N) is 4. The number of nitrogens with zero attached hydrogens (tertiary/aromatic N) is 1. The topological polar surface area (TPSA) is 172 Å². The summed E-state index contributed by atoms with van der Waals surface area (Å²) < 4.78 is 10.2. The molecule has 50 heavy (non-hydrogen) atoms. The van der Waals surface area contributed by atoms with E-state index in [2.05, 4.69) is 21.3 Å². The fourth-order valence-electron chi connectivity index (χ4n) is 5.02. The Morgan fingerprint density at radius 3 is 1.82 bits per heavy atom. The van der Waals surface area contributed by atoms with E-state index in [9.17, 15) is 28.8 Å². The van der Waals surface area contributed by atoms with Gasteiger partial charge in [-0.05, 0) is 69.7 Å². The highest BCUT2D eigenvalue weighted by Gasteiger charge is 2.38. The maximum absolute atomic E-state index is 13.9. The summed E-state index contributed by atoms with van der Waals surface area (Å²) in [6, 6.07) is 14.5. The predicted octanol–water partition coefficient (Wildman–Crippen LogP) is 3.52. The van der Waals surface area contributed by atoms with Crippen LogP contribution in [0.1, 0.15) is 65.5 Å². The van der Waals surface area contributed by atoms with E-state index < -0.39 is 65.3 Å². The molecule has 0 aromatic heterocycles. The van der Waals surface area contributed by atoms with Crippen LogP contribution >= 0.6 is 0 Å². The molecule has 3 rings (SSSR count). The largest absolute Gasteiger partial charge is 0.467 e. The number of ether oxygens (including phenoxy) is 2. The minimum atomic E-state index is -1.17. The third-order valence-corrected chi connectivity index (χ3v) is 7.55. The van der Waals surface area contributed by atoms with Gasteiger partial charge in [-0.25, -0.2) is 9.59 Å². The Morgan fingerprint density at radius 1 is 0.800 bits per heavy atom. The molecule has 2 aromatic carbocycles. The lowest BCUT2D eigenvalue weighted by molar-refractivity contribution is -0.144. The van der Waals surface area contributed by atoms with Crippen LogP contribution in [0.5, 0.6) is 0 Å². The Labute approximate surface area is 292 Å². The summed E-state index contributed by atoms with van der Waals surface area (Å²) in [4.78, 5) is 80.6. The van der Waals surface area contributed by atoms with Crippen LogP contribution in [0.15, 0.2) is 72.1 Å². The second-order valence-electron chi connectivity index (χ2n) is 13.2. The van der Waals surface area contributed by atoms with Gasteiger partial charge in [0, 0.05) is 6.54 Å². The van der Waals surface area contributed by atoms with Gasteiger partial charge in [-0.2, -0.15) is 0 Å². The number of esters is 1. The number of amides is 5. The van der Waals surface area contributed by atoms with E-state index in [1.54, 1.807) is 95.3 Å². The standard InChI is InChI=1S/C37H47N5O8/c1-23(2)30(34(46)40-27(21-25-15-10-8-11-16-25)31(43)38-24(3)35(47)49-7)41-32(44)28(22-26-17-12-9-13-18-26)39-33(45)29-19-14-20-42(29)36(48)50-37(4,5)6/h8-13,15-18,21-24,29-30H,14,19-20H2,1-7H3,(H,38,43)(H,39,45)(H,40,46)(H,41,44)/b27-21-,28-22+/t24-,29-,30-/m0/s1. The van der Waals surface area contributed by atoms with Crippen LogP contribution in [-0.2, 0) is 33.4 Å². The Bertz CT molecular complexity index is 1600. The van der Waals surface area contributed by atoms with Crippen LogP contribution in [0.3, 0.4) is 0 Å². The summed E-state index contributed by atoms with van der Waals surface area (Å²) in [5, 5.41) is 10.5. The second kappa shape index (κ2) is 17.8. The van der Waals surface area contributed by atoms with Gasteiger partial charge in [0.25, 0.3) is 11.8 Å². The molecule has 1 aliphatic heterocycles. The molecule has 13 heteroatoms. The SMILES string of the molecule is COC(=O)[C@H](C)NC(=O)/C(=C/c1ccccc1)NC(=O)[C@@H](NC(=O)/C(=C\c1ccccc1)NC(=O)[C@@H]1CCCN1C(=O)OC(C)(C)C)C(C)C. The second-order valence-corrected chi connectivity index (χ2v) is 13.2. The van der Waals surface area contributed by atoms with Crippen molar-refractivity contribution in [1.82, 2.24) is 26.2 Å². The molecule has 0 radical (unpaired) electrons. The molecule has 1 saturated heterocycles. The van der Waals surface area contributed by atoms with Gasteiger partial charge in [-0.3, -0.25) is 24.1 Å². The lowest BCUT2D eigenvalue weighted by Gasteiger charge is -2.28. The molecule has 0 saturated carbocycles. The minimum absolute atomic E-state index is 0.152. The Morgan fingerprint density at radius 2 is 1.32 bits per heavy atom. The van der Waals surface area contributed by atoms with Crippen molar-refractivity contribution in [3.8, 4) is 0 Å². The lowest BCUT2D eigenvalue weighted by atomic mass is 10.0. The summed E-state index contributed by atoms with van der Waals surface area (Å²) in [6.45, 7) is 10.4. The van der Waals surface area contributed by atoms with Crippen LogP contribution in [-0.4, -0.2) is 78.0 Å². The van der Waals surface area contributed by atoms with Crippen LogP contribution in [0, 0.1) is 5.92 Å². The molecule has 4 N–H and O–H groups in total. The van der Waals surface area contributed by atoms with Gasteiger partial charge in [-0.1, -0.05) is 74.5 Å². The average molecular weight is 690 g/mol. The Kier molecular flexibility index (Phi) is 13.9. The first kappa shape index (κ1) is 39.0. The third kappa shape index (κ3) is 11.6. The van der Waals surface area contributed by atoms with E-state index in [1.807, 2.05) is 0 Å². The number of carbonyl (C=O) groups excluding carboxylic acids is 6. The van der Waals surface area contributed by atoms with E-state index in [0.717, 1.165) is 0 Å². The van der Waals surface area contributed by atoms with Crippen molar-refractivity contribution in [1.29, 1.82) is 0 Å². The van der Waals surface area contributed by atoms with Gasteiger partial charge in [0.05, 0.1) is 7.11 Å². The third-order valence-electron chi connectivity index (χ3n) is 7.55. The minimum Gasteiger partial charge on any atom is -0.467 e. The van der Waals surface area contributed by atoms with Gasteiger partial charge in [0.15, 0.2) is 0 Å². The molecule has 1 aliphatic rings. The van der Waals surface area contributed by atoms with Crippen molar-refractivity contribution in [2.45, 2.75) is 78.1 Å². The lowest BCUT2D eigenvalue weighted by Crippen LogP contribution is -2.53. The van der Waals surface area contributed by atoms with Crippen molar-refractivity contribution in [2.75, 3.05) is 13.7 Å². The number of hydrogen-bond acceptors (Lipinski definition) is 8. The zero-order valence-corrected chi connectivity index (χ0v) is 29.6. The van der Waals surface area contributed by atoms with E-state index >= 15 is 0 Å². The first-order valence-corrected chi connectivity index (χ1v) is 16.4. The molecule has 5 amide bonds. The van der Waals surface area contributed by atoms with E-state index in [0.29, 0.717) is 30.5 Å². The van der Waals surface area contributed by atoms with Crippen molar-refractivity contribution in [3.63, 3.8) is 0 Å². The molecule has 1 heterocycles. The van der Waals surface area contributed by atoms with Crippen molar-refractivity contribution in [3.05, 3.63) is 83.2 Å². The number of methoxy groups -OCH3 is 1. The quantitative estimate of drug-likeness (QED) is 0.194. The molecular weight excluding hydrogens is 642 g/mol. The van der Waals surface area contributed by atoms with Crippen molar-refractivity contribution >= 4 is 47.8 Å². The number of hydrogen-bond donors (Lipinski definition) is 4. The average Bonchev–Trinajstić information content (AvgIpc) is 3.57. The van der Waals surface area contributed by atoms with Crippen molar-refractivity contribution < 1.29 is 38.2 Å². The predicted molar refractivity (Wildman–Crippen MR) is 187 cm³/mol. The van der Waals surface area contributed by atoms with Crippen LogP contribution in [0.25, 0.3) is 12.2 Å². The summed E-state index contributed by atoms with van der Waals surface area (Å²) in [7, 11) is 1.19. The highest BCUT2D eigenvalue weighted by molar-refractivity contribution is 6.06. The molecule has 0 unspecified atom stereocenters. The molecule has 2 aromatic rings. The van der Waals surface area contributed by atoms with Crippen LogP contribution < -0.4 is 21.3 Å². The molecular formula is C37H47N5O8. The Hall–Kier alpha value is -5.46. The van der Waals surface area contributed by atoms with Gasteiger partial charge in [0.1, 0.15) is 35.1 Å². The zero-order valence-electron chi connectivity index (χ0n) is 29.6. The summed E-state index contributed by atoms with van der Waals surface area (Å²) >= 11 is 0. The van der Waals surface area contributed by atoms with Crippen LogP contribution in [0.4, 0.5) is 4.79 Å². The summed E-state index contributed by atoms with van der Waals surface area (Å²) in [6.07, 6.45) is 3.22. The smallest absolute Gasteiger partial charge is 0.410 e. The fourth-order valence-corrected chi connectivity index (χ4v) is 5.02. The number of carbonyl (C=O) groups is 6. The van der Waals surface area contributed by atoms with Gasteiger partial charge >= 0.3 is 12.1 Å². The van der Waals surface area contributed by atoms with E-state index in [4.69, 9.17) is 9.47 Å². The van der Waals surface area contributed by atoms with Crippen LogP contribution in [0.2, 0.25) is 0 Å². The number of rotatable bonds is 12. The summed E-state index contributed by atoms with van der Waals surface area (Å²) in [5.41, 5.74) is 0.108. The number of likely N-dealkylation sites (tertiary alicyclic amines) is 1. The monoisotopic (exact) mass is 689 g/mol. The van der Waals surface area contributed by atoms with Gasteiger partial charge in [0.2, 0.25) is 11.8 Å². The normalized spacial score (nSPS) is 16.2. The molecule has 0 bridgehead atoms. The molecule has 268 valence electrons. The first-order valence-electron chi connectivity index (χ1n) is 16.4. The first-order chi connectivity index (χ1) is 23.6. The van der Waals surface area contributed by atoms with Crippen molar-refractivity contribution in [2.24, 2.45) is 5.92 Å². The van der Waals surface area contributed by atoms with Gasteiger partial charge in [-0.15, -0.1) is 0 Å². The molecule has 3 atom stereocenters. The maximum atomic E-state index is 13.9. The molecule has 1 fully saturated rings. The highest BCUT2D eigenvalue weighted by atomic mass is 16.6. The molecule has 0 spiro atoms. The summed E-state index contributed by atoms with van der Waals surface area (Å²) in [5.74, 6) is -3.97. The highest BCUT2D eigenvalue weighted by Crippen LogP contribution is 2.22. The molecule has 13 nitrogen and oxygen atoms in total. The van der Waals surface area contributed by atoms with Gasteiger partial charge < -0.3 is 30.7 Å².